The van der Waals surface area contributed by atoms with Crippen molar-refractivity contribution in [2.24, 2.45) is 0 Å². The van der Waals surface area contributed by atoms with E-state index in [-0.39, 0.29) is 17.2 Å². The first-order valence-corrected chi connectivity index (χ1v) is 6.42. The van der Waals surface area contributed by atoms with E-state index in [0.717, 1.165) is 10.9 Å². The molecule has 1 aromatic heterocycles. The minimum Gasteiger partial charge on any atom is -0.506 e. The van der Waals surface area contributed by atoms with Gasteiger partial charge >= 0.3 is 0 Å². The Morgan fingerprint density at radius 2 is 1.62 bits per heavy atom. The minimum atomic E-state index is -0.165. The average Bonchev–Trinajstić information content (AvgIpc) is 2.49. The Morgan fingerprint density at radius 1 is 0.762 bits per heavy atom. The Bertz CT molecular complexity index is 841. The van der Waals surface area contributed by atoms with Crippen molar-refractivity contribution in [1.29, 1.82) is 0 Å². The standard InChI is InChI=1S/C17H13NO3/c19-14-9-5-11(10-16(14)21)4-7-13-8-6-12-2-1-3-15(20)17(12)18-13/h1-10,19-21H/b7-4+. The van der Waals surface area contributed by atoms with Gasteiger partial charge < -0.3 is 15.3 Å². The van der Waals surface area contributed by atoms with Crippen LogP contribution in [0.15, 0.2) is 48.5 Å². The maximum absolute atomic E-state index is 9.80. The van der Waals surface area contributed by atoms with Gasteiger partial charge in [0.05, 0.1) is 5.69 Å². The third-order valence-electron chi connectivity index (χ3n) is 3.17. The first-order valence-electron chi connectivity index (χ1n) is 6.42. The lowest BCUT2D eigenvalue weighted by Crippen LogP contribution is -1.83. The first-order chi connectivity index (χ1) is 10.1. The molecule has 0 aliphatic rings. The van der Waals surface area contributed by atoms with Crippen molar-refractivity contribution in [3.05, 3.63) is 59.8 Å². The second kappa shape index (κ2) is 5.17. The number of benzene rings is 2. The van der Waals surface area contributed by atoms with Crippen LogP contribution in [-0.2, 0) is 0 Å². The summed E-state index contributed by atoms with van der Waals surface area (Å²) in [6.45, 7) is 0. The van der Waals surface area contributed by atoms with E-state index in [4.69, 9.17) is 0 Å². The summed E-state index contributed by atoms with van der Waals surface area (Å²) in [6.07, 6.45) is 3.55. The van der Waals surface area contributed by atoms with E-state index in [1.165, 1.54) is 12.1 Å². The molecular weight excluding hydrogens is 266 g/mol. The maximum Gasteiger partial charge on any atom is 0.157 e. The Kier molecular flexibility index (Phi) is 3.20. The number of hydrogen-bond donors (Lipinski definition) is 3. The van der Waals surface area contributed by atoms with Crippen LogP contribution in [0.5, 0.6) is 17.2 Å². The summed E-state index contributed by atoms with van der Waals surface area (Å²) in [4.78, 5) is 4.38. The predicted octanol–water partition coefficient (Wildman–Crippen LogP) is 3.52. The Morgan fingerprint density at radius 3 is 2.43 bits per heavy atom. The highest BCUT2D eigenvalue weighted by Gasteiger charge is 2.01. The number of hydrogen-bond acceptors (Lipinski definition) is 4. The maximum atomic E-state index is 9.80. The molecular formula is C17H13NO3. The lowest BCUT2D eigenvalue weighted by molar-refractivity contribution is 0.403. The topological polar surface area (TPSA) is 73.6 Å². The Labute approximate surface area is 121 Å². The number of pyridine rings is 1. The van der Waals surface area contributed by atoms with Crippen LogP contribution in [0, 0.1) is 0 Å². The number of phenolic OH excluding ortho intramolecular Hbond substituents is 3. The van der Waals surface area contributed by atoms with Crippen LogP contribution in [0.3, 0.4) is 0 Å². The van der Waals surface area contributed by atoms with Gasteiger partial charge in [-0.3, -0.25) is 0 Å². The highest BCUT2D eigenvalue weighted by Crippen LogP contribution is 2.26. The summed E-state index contributed by atoms with van der Waals surface area (Å²) >= 11 is 0. The van der Waals surface area contributed by atoms with Crippen molar-refractivity contribution in [2.45, 2.75) is 0 Å². The summed E-state index contributed by atoms with van der Waals surface area (Å²) in [5, 5.41) is 29.4. The van der Waals surface area contributed by atoms with E-state index in [0.29, 0.717) is 11.2 Å². The van der Waals surface area contributed by atoms with E-state index >= 15 is 0 Å². The van der Waals surface area contributed by atoms with E-state index in [9.17, 15) is 15.3 Å². The van der Waals surface area contributed by atoms with Crippen molar-refractivity contribution >= 4 is 23.1 Å². The van der Waals surface area contributed by atoms with Crippen LogP contribution in [0.25, 0.3) is 23.1 Å². The van der Waals surface area contributed by atoms with Gasteiger partial charge in [-0.1, -0.05) is 30.3 Å². The first kappa shape index (κ1) is 13.0. The third-order valence-corrected chi connectivity index (χ3v) is 3.17. The number of rotatable bonds is 2. The van der Waals surface area contributed by atoms with Crippen LogP contribution in [0.1, 0.15) is 11.3 Å². The molecule has 3 aromatic rings. The fraction of sp³-hybridized carbons (Fsp3) is 0. The molecule has 21 heavy (non-hydrogen) atoms. The van der Waals surface area contributed by atoms with Crippen molar-refractivity contribution in [3.8, 4) is 17.2 Å². The number of para-hydroxylation sites is 1. The summed E-state index contributed by atoms with van der Waals surface area (Å²) < 4.78 is 0. The monoisotopic (exact) mass is 279 g/mol. The van der Waals surface area contributed by atoms with E-state index in [1.807, 2.05) is 18.2 Å². The fourth-order valence-corrected chi connectivity index (χ4v) is 2.07. The molecule has 1 heterocycles. The van der Waals surface area contributed by atoms with E-state index in [2.05, 4.69) is 4.98 Å². The molecule has 104 valence electrons. The van der Waals surface area contributed by atoms with Crippen LogP contribution in [0.4, 0.5) is 0 Å². The van der Waals surface area contributed by atoms with Crippen molar-refractivity contribution in [1.82, 2.24) is 4.98 Å². The molecule has 0 aliphatic carbocycles. The molecule has 3 rings (SSSR count). The smallest absolute Gasteiger partial charge is 0.157 e. The summed E-state index contributed by atoms with van der Waals surface area (Å²) in [5.74, 6) is -0.174. The van der Waals surface area contributed by atoms with Crippen molar-refractivity contribution in [3.63, 3.8) is 0 Å². The molecule has 0 unspecified atom stereocenters. The highest BCUT2D eigenvalue weighted by molar-refractivity contribution is 5.85. The molecule has 0 atom stereocenters. The molecule has 4 heteroatoms. The number of nitrogens with zero attached hydrogens (tertiary/aromatic N) is 1. The lowest BCUT2D eigenvalue weighted by atomic mass is 10.1. The molecule has 0 saturated carbocycles. The minimum absolute atomic E-state index is 0.144. The van der Waals surface area contributed by atoms with Gasteiger partial charge in [-0.05, 0) is 35.9 Å². The fourth-order valence-electron chi connectivity index (χ4n) is 2.07. The highest BCUT2D eigenvalue weighted by atomic mass is 16.3. The summed E-state index contributed by atoms with van der Waals surface area (Å²) in [6, 6.07) is 13.6. The van der Waals surface area contributed by atoms with Crippen LogP contribution >= 0.6 is 0 Å². The van der Waals surface area contributed by atoms with E-state index < -0.39 is 0 Å². The molecule has 0 aliphatic heterocycles. The second-order valence-corrected chi connectivity index (χ2v) is 4.67. The predicted molar refractivity (Wildman–Crippen MR) is 82.1 cm³/mol. The zero-order valence-electron chi connectivity index (χ0n) is 11.1. The average molecular weight is 279 g/mol. The number of phenols is 3. The molecule has 3 N–H and O–H groups in total. The number of aromatic hydroxyl groups is 3. The van der Waals surface area contributed by atoms with Crippen LogP contribution in [0.2, 0.25) is 0 Å². The molecule has 0 spiro atoms. The van der Waals surface area contributed by atoms with Gasteiger partial charge in [0.15, 0.2) is 11.5 Å². The molecule has 0 saturated heterocycles. The molecule has 0 radical (unpaired) electrons. The van der Waals surface area contributed by atoms with Gasteiger partial charge in [-0.2, -0.15) is 0 Å². The van der Waals surface area contributed by atoms with Gasteiger partial charge in [0.2, 0.25) is 0 Å². The van der Waals surface area contributed by atoms with Gasteiger partial charge in [0, 0.05) is 5.39 Å². The Hall–Kier alpha value is -3.01. The van der Waals surface area contributed by atoms with Crippen LogP contribution < -0.4 is 0 Å². The molecule has 0 fully saturated rings. The summed E-state index contributed by atoms with van der Waals surface area (Å²) in [7, 11) is 0. The quantitative estimate of drug-likeness (QED) is 0.627. The van der Waals surface area contributed by atoms with Gasteiger partial charge in [-0.15, -0.1) is 0 Å². The van der Waals surface area contributed by atoms with Crippen molar-refractivity contribution < 1.29 is 15.3 Å². The van der Waals surface area contributed by atoms with Gasteiger partial charge in [-0.25, -0.2) is 4.98 Å². The normalized spacial score (nSPS) is 11.2. The van der Waals surface area contributed by atoms with Gasteiger partial charge in [0.25, 0.3) is 0 Å². The van der Waals surface area contributed by atoms with Crippen LogP contribution in [-0.4, -0.2) is 20.3 Å². The van der Waals surface area contributed by atoms with Crippen molar-refractivity contribution in [2.75, 3.05) is 0 Å². The van der Waals surface area contributed by atoms with E-state index in [1.54, 1.807) is 30.4 Å². The third kappa shape index (κ3) is 2.65. The number of aromatic nitrogens is 1. The molecule has 0 bridgehead atoms. The SMILES string of the molecule is Oc1ccc(/C=C/c2ccc3cccc(O)c3n2)cc1O. The zero-order valence-corrected chi connectivity index (χ0v) is 11.1. The molecule has 0 amide bonds. The summed E-state index contributed by atoms with van der Waals surface area (Å²) in [5.41, 5.74) is 1.98. The lowest BCUT2D eigenvalue weighted by Gasteiger charge is -2.01. The number of fused-ring (bicyclic) bond motifs is 1. The Balaban J connectivity index is 1.95. The van der Waals surface area contributed by atoms with Gasteiger partial charge in [0.1, 0.15) is 11.3 Å². The second-order valence-electron chi connectivity index (χ2n) is 4.67. The molecule has 2 aromatic carbocycles. The largest absolute Gasteiger partial charge is 0.506 e. The zero-order chi connectivity index (χ0) is 14.8. The molecule has 4 nitrogen and oxygen atoms in total.